The van der Waals surface area contributed by atoms with Gasteiger partial charge in [0, 0.05) is 18.2 Å². The lowest BCUT2D eigenvalue weighted by Gasteiger charge is -2.22. The minimum atomic E-state index is -0.270. The molecule has 1 aromatic carbocycles. The highest BCUT2D eigenvalue weighted by molar-refractivity contribution is 6.02. The number of rotatable bonds is 4. The number of oxazole rings is 1. The molecule has 3 heterocycles. The molecule has 142 valence electrons. The lowest BCUT2D eigenvalue weighted by molar-refractivity contribution is 0.102. The van der Waals surface area contributed by atoms with Crippen molar-refractivity contribution in [3.63, 3.8) is 0 Å². The number of aryl methyl sites for hydroxylation is 1. The number of nitrogens with zero attached hydrogens (tertiary/aromatic N) is 4. The van der Waals surface area contributed by atoms with E-state index in [1.54, 1.807) is 24.0 Å². The van der Waals surface area contributed by atoms with Crippen molar-refractivity contribution in [3.05, 3.63) is 48.2 Å². The molecule has 1 fully saturated rings. The molecule has 0 aliphatic carbocycles. The molecule has 0 bridgehead atoms. The molecule has 4 rings (SSSR count). The van der Waals surface area contributed by atoms with E-state index in [0.29, 0.717) is 29.1 Å². The Morgan fingerprint density at radius 2 is 2.00 bits per heavy atom. The number of nitrogens with one attached hydrogen (secondary N) is 2. The van der Waals surface area contributed by atoms with Gasteiger partial charge in [0.1, 0.15) is 0 Å². The Kier molecular flexibility index (Phi) is 5.88. The van der Waals surface area contributed by atoms with Crippen LogP contribution in [0, 0.1) is 6.92 Å². The summed E-state index contributed by atoms with van der Waals surface area (Å²) in [7, 11) is 0. The first kappa shape index (κ1) is 19.1. The molecule has 8 nitrogen and oxygen atoms in total. The Bertz CT molecular complexity index is 899. The molecule has 1 aliphatic rings. The highest BCUT2D eigenvalue weighted by Crippen LogP contribution is 2.22. The topological polar surface area (TPSA) is 97.9 Å². The first-order chi connectivity index (χ1) is 12.7. The molecular formula is C18H21ClN6O2. The SMILES string of the molecule is Cc1ncc(-c2ccc(NC(=O)c3cn(C4CCNCC4)nn3)cc2)o1.Cl. The third-order valence-corrected chi connectivity index (χ3v) is 4.47. The standard InChI is InChI=1S/C18H20N6O2.ClH/c1-12-20-10-17(26-12)13-2-4-14(5-3-13)21-18(25)16-11-24(23-22-16)15-6-8-19-9-7-15;/h2-5,10-11,15,19H,6-9H2,1H3,(H,21,25);1H. The van der Waals surface area contributed by atoms with Gasteiger partial charge in [0.15, 0.2) is 17.3 Å². The second-order valence-electron chi connectivity index (χ2n) is 6.34. The van der Waals surface area contributed by atoms with E-state index >= 15 is 0 Å². The number of anilines is 1. The monoisotopic (exact) mass is 388 g/mol. The van der Waals surface area contributed by atoms with E-state index in [4.69, 9.17) is 4.42 Å². The van der Waals surface area contributed by atoms with Crippen LogP contribution >= 0.6 is 12.4 Å². The van der Waals surface area contributed by atoms with Gasteiger partial charge in [-0.25, -0.2) is 9.67 Å². The third kappa shape index (κ3) is 4.35. The van der Waals surface area contributed by atoms with E-state index in [0.717, 1.165) is 31.5 Å². The molecular weight excluding hydrogens is 368 g/mol. The number of aromatic nitrogens is 4. The van der Waals surface area contributed by atoms with Crippen molar-refractivity contribution in [2.24, 2.45) is 0 Å². The summed E-state index contributed by atoms with van der Waals surface area (Å²) in [5, 5.41) is 14.3. The average Bonchev–Trinajstić information content (AvgIpc) is 3.32. The lowest BCUT2D eigenvalue weighted by Crippen LogP contribution is -2.29. The van der Waals surface area contributed by atoms with Crippen LogP contribution < -0.4 is 10.6 Å². The normalized spacial score (nSPS) is 14.6. The molecule has 9 heteroatoms. The maximum absolute atomic E-state index is 12.4. The molecule has 0 radical (unpaired) electrons. The molecule has 2 N–H and O–H groups in total. The molecule has 0 spiro atoms. The van der Waals surface area contributed by atoms with Crippen molar-refractivity contribution in [3.8, 4) is 11.3 Å². The van der Waals surface area contributed by atoms with Gasteiger partial charge in [-0.2, -0.15) is 0 Å². The molecule has 3 aromatic rings. The number of carbonyl (C=O) groups is 1. The molecule has 1 saturated heterocycles. The molecule has 27 heavy (non-hydrogen) atoms. The lowest BCUT2D eigenvalue weighted by atomic mass is 10.1. The smallest absolute Gasteiger partial charge is 0.277 e. The first-order valence-corrected chi connectivity index (χ1v) is 8.66. The van der Waals surface area contributed by atoms with Crippen LogP contribution in [0.2, 0.25) is 0 Å². The maximum atomic E-state index is 12.4. The second kappa shape index (κ2) is 8.32. The second-order valence-corrected chi connectivity index (χ2v) is 6.34. The van der Waals surface area contributed by atoms with E-state index in [1.807, 2.05) is 24.3 Å². The van der Waals surface area contributed by atoms with Gasteiger partial charge >= 0.3 is 0 Å². The van der Waals surface area contributed by atoms with Crippen molar-refractivity contribution >= 4 is 24.0 Å². The number of hydrogen-bond acceptors (Lipinski definition) is 6. The molecule has 0 saturated carbocycles. The average molecular weight is 389 g/mol. The fourth-order valence-corrected chi connectivity index (χ4v) is 3.04. The van der Waals surface area contributed by atoms with Crippen molar-refractivity contribution < 1.29 is 9.21 Å². The zero-order chi connectivity index (χ0) is 17.9. The maximum Gasteiger partial charge on any atom is 0.277 e. The minimum Gasteiger partial charge on any atom is -0.441 e. The van der Waals surface area contributed by atoms with Gasteiger partial charge in [0.25, 0.3) is 5.91 Å². The Morgan fingerprint density at radius 3 is 2.67 bits per heavy atom. The van der Waals surface area contributed by atoms with Gasteiger partial charge < -0.3 is 15.1 Å². The third-order valence-electron chi connectivity index (χ3n) is 4.47. The Hall–Kier alpha value is -2.71. The number of hydrogen-bond donors (Lipinski definition) is 2. The summed E-state index contributed by atoms with van der Waals surface area (Å²) in [4.78, 5) is 16.5. The number of carbonyl (C=O) groups excluding carboxylic acids is 1. The largest absolute Gasteiger partial charge is 0.441 e. The highest BCUT2D eigenvalue weighted by atomic mass is 35.5. The molecule has 0 unspecified atom stereocenters. The van der Waals surface area contributed by atoms with Crippen LogP contribution in [-0.4, -0.2) is 39.0 Å². The summed E-state index contributed by atoms with van der Waals surface area (Å²) in [5.74, 6) is 1.05. The molecule has 1 aliphatic heterocycles. The van der Waals surface area contributed by atoms with Crippen LogP contribution in [0.3, 0.4) is 0 Å². The zero-order valence-electron chi connectivity index (χ0n) is 14.9. The fourth-order valence-electron chi connectivity index (χ4n) is 3.04. The van der Waals surface area contributed by atoms with Crippen LogP contribution in [0.15, 0.2) is 41.1 Å². The van der Waals surface area contributed by atoms with E-state index in [1.165, 1.54) is 0 Å². The van der Waals surface area contributed by atoms with Crippen LogP contribution in [0.25, 0.3) is 11.3 Å². The summed E-state index contributed by atoms with van der Waals surface area (Å²) in [5.41, 5.74) is 1.91. The predicted molar refractivity (Wildman–Crippen MR) is 103 cm³/mol. The van der Waals surface area contributed by atoms with Gasteiger partial charge in [0.2, 0.25) is 0 Å². The quantitative estimate of drug-likeness (QED) is 0.713. The van der Waals surface area contributed by atoms with Gasteiger partial charge in [-0.3, -0.25) is 4.79 Å². The van der Waals surface area contributed by atoms with Crippen molar-refractivity contribution in [2.75, 3.05) is 18.4 Å². The number of amides is 1. The zero-order valence-corrected chi connectivity index (χ0v) is 15.7. The van der Waals surface area contributed by atoms with E-state index < -0.39 is 0 Å². The summed E-state index contributed by atoms with van der Waals surface area (Å²) in [6.07, 6.45) is 5.39. The summed E-state index contributed by atoms with van der Waals surface area (Å²) < 4.78 is 7.29. The summed E-state index contributed by atoms with van der Waals surface area (Å²) in [6, 6.07) is 7.70. The molecule has 1 amide bonds. The van der Waals surface area contributed by atoms with Crippen LogP contribution in [0.4, 0.5) is 5.69 Å². The molecule has 0 atom stereocenters. The van der Waals surface area contributed by atoms with E-state index in [2.05, 4.69) is 25.9 Å². The predicted octanol–water partition coefficient (Wildman–Crippen LogP) is 2.84. The number of halogens is 1. The number of benzene rings is 1. The Morgan fingerprint density at radius 1 is 1.26 bits per heavy atom. The van der Waals surface area contributed by atoms with Gasteiger partial charge in [-0.15, -0.1) is 17.5 Å². The number of piperidine rings is 1. The van der Waals surface area contributed by atoms with Gasteiger partial charge in [-0.1, -0.05) is 5.21 Å². The first-order valence-electron chi connectivity index (χ1n) is 8.66. The van der Waals surface area contributed by atoms with Crippen molar-refractivity contribution in [1.29, 1.82) is 0 Å². The van der Waals surface area contributed by atoms with Gasteiger partial charge in [-0.05, 0) is 50.2 Å². The Balaban J connectivity index is 0.00000210. The van der Waals surface area contributed by atoms with Crippen molar-refractivity contribution in [2.45, 2.75) is 25.8 Å². The highest BCUT2D eigenvalue weighted by Gasteiger charge is 2.18. The summed E-state index contributed by atoms with van der Waals surface area (Å²) in [6.45, 7) is 3.72. The molecule has 2 aromatic heterocycles. The van der Waals surface area contributed by atoms with Crippen LogP contribution in [0.1, 0.15) is 35.3 Å². The van der Waals surface area contributed by atoms with Gasteiger partial charge in [0.05, 0.1) is 18.4 Å². The van der Waals surface area contributed by atoms with E-state index in [-0.39, 0.29) is 18.3 Å². The van der Waals surface area contributed by atoms with Crippen LogP contribution in [-0.2, 0) is 0 Å². The minimum absolute atomic E-state index is 0. The summed E-state index contributed by atoms with van der Waals surface area (Å²) >= 11 is 0. The van der Waals surface area contributed by atoms with Crippen molar-refractivity contribution in [1.82, 2.24) is 25.3 Å². The van der Waals surface area contributed by atoms with E-state index in [9.17, 15) is 4.79 Å². The Labute approximate surface area is 162 Å². The fraction of sp³-hybridized carbons (Fsp3) is 0.333. The van der Waals surface area contributed by atoms with Crippen LogP contribution in [0.5, 0.6) is 0 Å².